The van der Waals surface area contributed by atoms with Crippen LogP contribution < -0.4 is 33.2 Å². The standard InChI is InChI=1S/C19H20N2O3.C18H16Cl2N2O2.3C18H17ClN2O2.C18H18N2O2/c1-19(2,3)18(22)24-16-12(8-7-11-15(16)23-4)17-20-13-9-5-6-10-14(13)21-17;1-18(2,3)17(23)24-15-11(8-10(19)9-12(15)20)16-21-13-6-4-5-7-14(13)22-16;1-18(2,3)17(22)23-15-9-8-11(19)10-12(15)16-20-13-6-4-5-7-14(13)21-16;1-18(2,3)17(22)23-15-10-11(19)8-9-12(15)16-20-13-6-4-5-7-14(13)21-16;1-18(2,3)17(22)23-15-7-5-4-6-12(15)16-20-13-9-8-11(19)10-14(13)21-16;1-18(2,3)17(21)22-15-11-7-4-8-12(15)16-19-13-9-5-6-10-14(13)20-16/h5-11H,1-4H3,(H,20,21);4-9H,1-3H3,(H,21,22);3*4-10H,1-3H3,(H,20,21);4-11H,1-3H3,(H,19,20). The number of H-pyrrole nitrogens is 6. The van der Waals surface area contributed by atoms with Gasteiger partial charge in [-0.3, -0.25) is 28.8 Å². The number of aromatic nitrogens is 12. The zero-order valence-electron chi connectivity index (χ0n) is 80.1. The van der Waals surface area contributed by atoms with Gasteiger partial charge in [0.15, 0.2) is 17.2 Å². The highest BCUT2D eigenvalue weighted by Gasteiger charge is 2.33. The largest absolute Gasteiger partial charge is 0.493 e. The molecule has 0 fully saturated rings. The summed E-state index contributed by atoms with van der Waals surface area (Å²) in [6.07, 6.45) is 0. The molecule has 6 N–H and O–H groups in total. The Morgan fingerprint density at radius 2 is 0.489 bits per heavy atom. The molecule has 12 aromatic carbocycles. The van der Waals surface area contributed by atoms with Gasteiger partial charge in [0.25, 0.3) is 0 Å². The van der Waals surface area contributed by atoms with Crippen molar-refractivity contribution in [3.63, 3.8) is 0 Å². The maximum Gasteiger partial charge on any atom is 0.316 e. The van der Waals surface area contributed by atoms with Gasteiger partial charge in [0.2, 0.25) is 0 Å². The van der Waals surface area contributed by atoms with Crippen molar-refractivity contribution < 1.29 is 61.9 Å². The Balaban J connectivity index is 0.000000141. The number of methoxy groups -OCH3 is 1. The highest BCUT2D eigenvalue weighted by molar-refractivity contribution is 6.36. The van der Waals surface area contributed by atoms with E-state index in [-0.39, 0.29) is 46.6 Å². The number of hydrogen-bond acceptors (Lipinski definition) is 19. The van der Waals surface area contributed by atoms with Gasteiger partial charge in [0.1, 0.15) is 57.9 Å². The van der Waals surface area contributed by atoms with Crippen LogP contribution in [0.2, 0.25) is 25.1 Å². The molecule has 0 unspecified atom stereocenters. The summed E-state index contributed by atoms with van der Waals surface area (Å²) < 4.78 is 38.8. The van der Waals surface area contributed by atoms with E-state index in [9.17, 15) is 28.8 Å². The number of aromatic amines is 6. The molecule has 0 bridgehead atoms. The van der Waals surface area contributed by atoms with E-state index >= 15 is 0 Å². The van der Waals surface area contributed by atoms with E-state index in [1.165, 1.54) is 0 Å². The number of halogens is 5. The zero-order valence-corrected chi connectivity index (χ0v) is 83.9. The minimum atomic E-state index is -0.659. The summed E-state index contributed by atoms with van der Waals surface area (Å²) in [6, 6.07) is 77.8. The Labute approximate surface area is 828 Å². The third kappa shape index (κ3) is 25.9. The molecule has 0 atom stereocenters. The lowest BCUT2D eigenvalue weighted by Crippen LogP contribution is -2.26. The second kappa shape index (κ2) is 42.7. The minimum absolute atomic E-state index is 0.250. The molecule has 139 heavy (non-hydrogen) atoms. The van der Waals surface area contributed by atoms with Crippen molar-refractivity contribution >= 4 is 160 Å². The Morgan fingerprint density at radius 1 is 0.223 bits per heavy atom. The normalized spacial score (nSPS) is 11.6. The SMILES string of the molecule is CC(C)(C)C(=O)Oc1c(Cl)cc(Cl)cc1-c1nc2ccccc2[nH]1.CC(C)(C)C(=O)Oc1cc(Cl)ccc1-c1nc2ccccc2[nH]1.CC(C)(C)C(=O)Oc1ccc(Cl)cc1-c1nc2ccccc2[nH]1.CC(C)(C)C(=O)Oc1ccccc1-c1nc2ccc(Cl)cc2[nH]1.CC(C)(C)C(=O)Oc1ccccc1-c1nc2ccccc2[nH]1.COc1cccc(-c2nc3ccccc3[nH]2)c1OC(=O)C(C)(C)C. The van der Waals surface area contributed by atoms with Gasteiger partial charge in [-0.1, -0.05) is 149 Å². The summed E-state index contributed by atoms with van der Waals surface area (Å²) in [5.41, 5.74) is 10.9. The topological polar surface area (TPSA) is 339 Å². The molecule has 18 rings (SSSR count). The van der Waals surface area contributed by atoms with E-state index in [0.29, 0.717) is 112 Å². The Kier molecular flexibility index (Phi) is 31.3. The van der Waals surface area contributed by atoms with E-state index in [1.807, 2.05) is 265 Å². The molecular weight excluding hydrogens is 1860 g/mol. The van der Waals surface area contributed by atoms with Gasteiger partial charge in [0, 0.05) is 26.2 Å². The van der Waals surface area contributed by atoms with Crippen molar-refractivity contribution in [2.45, 2.75) is 125 Å². The lowest BCUT2D eigenvalue weighted by atomic mass is 9.97. The molecule has 0 aliphatic carbocycles. The molecule has 30 heteroatoms. The first-order valence-corrected chi connectivity index (χ1v) is 46.2. The number of benzene rings is 12. The first-order chi connectivity index (χ1) is 65.6. The summed E-state index contributed by atoms with van der Waals surface area (Å²) in [4.78, 5) is 120. The molecule has 18 aromatic rings. The number of carbonyl (C=O) groups excluding carboxylic acids is 6. The average Bonchev–Trinajstić information content (AvgIpc) is 1.84. The van der Waals surface area contributed by atoms with Gasteiger partial charge in [-0.15, -0.1) is 0 Å². The molecular formula is C109H105Cl5N12O13. The highest BCUT2D eigenvalue weighted by Crippen LogP contribution is 2.44. The van der Waals surface area contributed by atoms with Crippen LogP contribution >= 0.6 is 58.0 Å². The third-order valence-corrected chi connectivity index (χ3v) is 21.9. The Bertz CT molecular complexity index is 7410. The number of hydrogen-bond donors (Lipinski definition) is 6. The summed E-state index contributed by atoms with van der Waals surface area (Å²) in [7, 11) is 1.55. The third-order valence-electron chi connectivity index (χ3n) is 20.7. The zero-order chi connectivity index (χ0) is 100. The van der Waals surface area contributed by atoms with Crippen LogP contribution in [0.25, 0.3) is 135 Å². The molecule has 25 nitrogen and oxygen atoms in total. The van der Waals surface area contributed by atoms with E-state index in [2.05, 4.69) is 59.8 Å². The maximum absolute atomic E-state index is 12.3. The molecule has 0 saturated carbocycles. The van der Waals surface area contributed by atoms with Gasteiger partial charge in [-0.05, 0) is 282 Å². The fraction of sp³-hybridized carbons (Fsp3) is 0.229. The van der Waals surface area contributed by atoms with Gasteiger partial charge in [-0.2, -0.15) is 0 Å². The van der Waals surface area contributed by atoms with Crippen LogP contribution in [0, 0.1) is 32.5 Å². The molecule has 0 spiro atoms. The predicted octanol–water partition coefficient (Wildman–Crippen LogP) is 28.4. The van der Waals surface area contributed by atoms with Crippen molar-refractivity contribution in [3.05, 3.63) is 280 Å². The number of esters is 6. The van der Waals surface area contributed by atoms with Gasteiger partial charge in [-0.25, -0.2) is 29.9 Å². The fourth-order valence-corrected chi connectivity index (χ4v) is 13.9. The summed E-state index contributed by atoms with van der Waals surface area (Å²) >= 11 is 30.6. The van der Waals surface area contributed by atoms with E-state index in [0.717, 1.165) is 77.3 Å². The number of rotatable bonds is 13. The van der Waals surface area contributed by atoms with Crippen LogP contribution in [-0.4, -0.2) is 103 Å². The molecule has 0 radical (unpaired) electrons. The van der Waals surface area contributed by atoms with Crippen LogP contribution in [0.4, 0.5) is 0 Å². The number of para-hydroxylation sites is 13. The summed E-state index contributed by atoms with van der Waals surface area (Å²) in [5, 5.41) is 2.39. The van der Waals surface area contributed by atoms with Crippen molar-refractivity contribution in [2.75, 3.05) is 7.11 Å². The Morgan fingerprint density at radius 3 is 0.878 bits per heavy atom. The van der Waals surface area contributed by atoms with E-state index < -0.39 is 32.5 Å². The lowest BCUT2D eigenvalue weighted by molar-refractivity contribution is -0.143. The van der Waals surface area contributed by atoms with Crippen molar-refractivity contribution in [1.82, 2.24) is 59.8 Å². The number of carbonyl (C=O) groups is 6. The quantitative estimate of drug-likeness (QED) is 0.0461. The van der Waals surface area contributed by atoms with Crippen LogP contribution in [0.15, 0.2) is 255 Å². The molecule has 0 amide bonds. The molecule has 0 aliphatic heterocycles. The van der Waals surface area contributed by atoms with Gasteiger partial charge in [0.05, 0.1) is 144 Å². The molecule has 6 aromatic heterocycles. The second-order valence-electron chi connectivity index (χ2n) is 38.5. The van der Waals surface area contributed by atoms with Crippen molar-refractivity contribution in [2.24, 2.45) is 32.5 Å². The first kappa shape index (κ1) is 102. The molecule has 0 saturated heterocycles. The van der Waals surface area contributed by atoms with E-state index in [4.69, 9.17) is 91.2 Å². The Hall–Kier alpha value is -14.5. The molecule has 714 valence electrons. The average molecular weight is 1970 g/mol. The highest BCUT2D eigenvalue weighted by atomic mass is 35.5. The monoisotopic (exact) mass is 1960 g/mol. The minimum Gasteiger partial charge on any atom is -0.493 e. The van der Waals surface area contributed by atoms with Crippen LogP contribution in [0.5, 0.6) is 40.2 Å². The first-order valence-electron chi connectivity index (χ1n) is 44.3. The second-order valence-corrected chi connectivity index (χ2v) is 40.6. The molecule has 6 heterocycles. The smallest absolute Gasteiger partial charge is 0.316 e. The maximum atomic E-state index is 12.3. The van der Waals surface area contributed by atoms with E-state index in [1.54, 1.807) is 121 Å². The predicted molar refractivity (Wildman–Crippen MR) is 551 cm³/mol. The van der Waals surface area contributed by atoms with Crippen LogP contribution in [0.1, 0.15) is 125 Å². The number of nitrogens with zero attached hydrogens (tertiary/aromatic N) is 6. The number of ether oxygens (including phenoxy) is 7. The summed E-state index contributed by atoms with van der Waals surface area (Å²) in [6.45, 7) is 32.6. The van der Waals surface area contributed by atoms with Gasteiger partial charge >= 0.3 is 35.8 Å². The fourth-order valence-electron chi connectivity index (χ4n) is 12.9. The lowest BCUT2D eigenvalue weighted by Gasteiger charge is -2.19. The number of imidazole rings is 6. The van der Waals surface area contributed by atoms with Crippen LogP contribution in [0.3, 0.4) is 0 Å². The number of fused-ring (bicyclic) bond motifs is 6. The van der Waals surface area contributed by atoms with Crippen molar-refractivity contribution in [1.29, 1.82) is 0 Å². The van der Waals surface area contributed by atoms with Crippen molar-refractivity contribution in [3.8, 4) is 109 Å². The van der Waals surface area contributed by atoms with Crippen LogP contribution in [-0.2, 0) is 28.8 Å². The number of nitrogens with one attached hydrogen (secondary N) is 6. The van der Waals surface area contributed by atoms with Gasteiger partial charge < -0.3 is 63.1 Å². The molecule has 0 aliphatic rings. The summed E-state index contributed by atoms with van der Waals surface area (Å²) in [5.74, 6) is 4.81.